The molecule has 5 heteroatoms. The van der Waals surface area contributed by atoms with Gasteiger partial charge in [0, 0.05) is 7.11 Å². The molecule has 2 unspecified atom stereocenters. The standard InChI is InChI=1S/C8H14O5/c1-3-6(13-2)5(8(11)12)4-7(9)10/h5-6H,3-4H2,1-2H3,(H,9,10)(H,11,12). The van der Waals surface area contributed by atoms with Gasteiger partial charge in [0.15, 0.2) is 0 Å². The maximum absolute atomic E-state index is 10.7. The number of methoxy groups -OCH3 is 1. The van der Waals surface area contributed by atoms with Crippen LogP contribution in [0.5, 0.6) is 0 Å². The van der Waals surface area contributed by atoms with Crippen LogP contribution in [-0.2, 0) is 14.3 Å². The monoisotopic (exact) mass is 190 g/mol. The molecule has 0 spiro atoms. The minimum Gasteiger partial charge on any atom is -0.481 e. The highest BCUT2D eigenvalue weighted by Crippen LogP contribution is 2.15. The smallest absolute Gasteiger partial charge is 0.309 e. The SMILES string of the molecule is CCC(OC)C(CC(=O)O)C(=O)O. The van der Waals surface area contributed by atoms with E-state index in [2.05, 4.69) is 0 Å². The summed E-state index contributed by atoms with van der Waals surface area (Å²) in [5.41, 5.74) is 0. The number of hydrogen-bond acceptors (Lipinski definition) is 3. The van der Waals surface area contributed by atoms with Crippen molar-refractivity contribution in [3.63, 3.8) is 0 Å². The van der Waals surface area contributed by atoms with Crippen molar-refractivity contribution in [2.75, 3.05) is 7.11 Å². The molecule has 13 heavy (non-hydrogen) atoms. The quantitative estimate of drug-likeness (QED) is 0.640. The molecular formula is C8H14O5. The Morgan fingerprint density at radius 1 is 1.38 bits per heavy atom. The Bertz CT molecular complexity index is 185. The summed E-state index contributed by atoms with van der Waals surface area (Å²) < 4.78 is 4.88. The zero-order valence-electron chi connectivity index (χ0n) is 7.69. The van der Waals surface area contributed by atoms with E-state index in [1.165, 1.54) is 7.11 Å². The van der Waals surface area contributed by atoms with Gasteiger partial charge in [-0.05, 0) is 6.42 Å². The number of hydrogen-bond donors (Lipinski definition) is 2. The first-order valence-electron chi connectivity index (χ1n) is 4.00. The van der Waals surface area contributed by atoms with Gasteiger partial charge in [0.2, 0.25) is 0 Å². The van der Waals surface area contributed by atoms with Gasteiger partial charge < -0.3 is 14.9 Å². The molecule has 0 saturated carbocycles. The molecule has 0 saturated heterocycles. The van der Waals surface area contributed by atoms with E-state index in [0.717, 1.165) is 0 Å². The minimum absolute atomic E-state index is 0.401. The number of carbonyl (C=O) groups is 2. The lowest BCUT2D eigenvalue weighted by atomic mass is 9.97. The van der Waals surface area contributed by atoms with Crippen LogP contribution in [0.15, 0.2) is 0 Å². The lowest BCUT2D eigenvalue weighted by Gasteiger charge is -2.19. The van der Waals surface area contributed by atoms with Gasteiger partial charge in [-0.25, -0.2) is 0 Å². The Balaban J connectivity index is 4.38. The fourth-order valence-corrected chi connectivity index (χ4v) is 1.18. The van der Waals surface area contributed by atoms with Gasteiger partial charge >= 0.3 is 11.9 Å². The summed E-state index contributed by atoms with van der Waals surface area (Å²) in [5, 5.41) is 17.2. The highest BCUT2D eigenvalue weighted by atomic mass is 16.5. The van der Waals surface area contributed by atoms with Crippen molar-refractivity contribution in [3.8, 4) is 0 Å². The third-order valence-electron chi connectivity index (χ3n) is 1.87. The van der Waals surface area contributed by atoms with Crippen LogP contribution in [-0.4, -0.2) is 35.4 Å². The van der Waals surface area contributed by atoms with Crippen molar-refractivity contribution in [1.29, 1.82) is 0 Å². The molecule has 0 aliphatic rings. The molecule has 5 nitrogen and oxygen atoms in total. The summed E-state index contributed by atoms with van der Waals surface area (Å²) in [7, 11) is 1.38. The summed E-state index contributed by atoms with van der Waals surface area (Å²) >= 11 is 0. The molecule has 0 aliphatic carbocycles. The van der Waals surface area contributed by atoms with Crippen LogP contribution in [0.1, 0.15) is 19.8 Å². The Labute approximate surface area is 76.3 Å². The van der Waals surface area contributed by atoms with E-state index in [4.69, 9.17) is 14.9 Å². The first-order chi connectivity index (χ1) is 6.02. The van der Waals surface area contributed by atoms with Crippen LogP contribution in [0, 0.1) is 5.92 Å². The number of ether oxygens (including phenoxy) is 1. The van der Waals surface area contributed by atoms with Crippen LogP contribution in [0.25, 0.3) is 0 Å². The second-order valence-corrected chi connectivity index (χ2v) is 2.72. The van der Waals surface area contributed by atoms with E-state index in [-0.39, 0.29) is 0 Å². The number of rotatable bonds is 6. The molecule has 0 aliphatic heterocycles. The molecule has 0 aromatic rings. The Hall–Kier alpha value is -1.10. The lowest BCUT2D eigenvalue weighted by molar-refractivity contribution is -0.153. The fraction of sp³-hybridized carbons (Fsp3) is 0.750. The van der Waals surface area contributed by atoms with E-state index >= 15 is 0 Å². The van der Waals surface area contributed by atoms with Crippen molar-refractivity contribution < 1.29 is 24.5 Å². The normalized spacial score (nSPS) is 14.9. The number of carboxylic acid groups (broad SMARTS) is 2. The topological polar surface area (TPSA) is 83.8 Å². The van der Waals surface area contributed by atoms with Gasteiger partial charge in [0.05, 0.1) is 18.4 Å². The van der Waals surface area contributed by atoms with Crippen LogP contribution in [0.2, 0.25) is 0 Å². The predicted octanol–water partition coefficient (Wildman–Crippen LogP) is 0.587. The Morgan fingerprint density at radius 3 is 2.15 bits per heavy atom. The Morgan fingerprint density at radius 2 is 1.92 bits per heavy atom. The molecule has 0 amide bonds. The largest absolute Gasteiger partial charge is 0.481 e. The fourth-order valence-electron chi connectivity index (χ4n) is 1.18. The van der Waals surface area contributed by atoms with Crippen LogP contribution < -0.4 is 0 Å². The van der Waals surface area contributed by atoms with Gasteiger partial charge in [0.25, 0.3) is 0 Å². The van der Waals surface area contributed by atoms with Gasteiger partial charge in [-0.3, -0.25) is 9.59 Å². The third kappa shape index (κ3) is 3.89. The van der Waals surface area contributed by atoms with Crippen LogP contribution in [0.3, 0.4) is 0 Å². The van der Waals surface area contributed by atoms with E-state index < -0.39 is 30.4 Å². The first-order valence-corrected chi connectivity index (χ1v) is 4.00. The van der Waals surface area contributed by atoms with Crippen molar-refractivity contribution >= 4 is 11.9 Å². The zero-order chi connectivity index (χ0) is 10.4. The lowest BCUT2D eigenvalue weighted by Crippen LogP contribution is -2.31. The molecule has 0 rings (SSSR count). The highest BCUT2D eigenvalue weighted by molar-refractivity contribution is 5.78. The maximum Gasteiger partial charge on any atom is 0.309 e. The Kier molecular flexibility index (Phi) is 5.06. The van der Waals surface area contributed by atoms with Gasteiger partial charge in [-0.15, -0.1) is 0 Å². The predicted molar refractivity (Wildman–Crippen MR) is 44.5 cm³/mol. The zero-order valence-corrected chi connectivity index (χ0v) is 7.69. The van der Waals surface area contributed by atoms with E-state index in [1.807, 2.05) is 0 Å². The second-order valence-electron chi connectivity index (χ2n) is 2.72. The summed E-state index contributed by atoms with van der Waals surface area (Å²) in [6.07, 6.45) is -0.448. The molecule has 0 aromatic carbocycles. The van der Waals surface area contributed by atoms with E-state index in [0.29, 0.717) is 6.42 Å². The van der Waals surface area contributed by atoms with Gasteiger partial charge in [0.1, 0.15) is 0 Å². The van der Waals surface area contributed by atoms with Gasteiger partial charge in [-0.2, -0.15) is 0 Å². The molecule has 0 heterocycles. The van der Waals surface area contributed by atoms with Gasteiger partial charge in [-0.1, -0.05) is 6.92 Å². The van der Waals surface area contributed by atoms with Crippen LogP contribution >= 0.6 is 0 Å². The molecule has 2 atom stereocenters. The molecule has 0 radical (unpaired) electrons. The van der Waals surface area contributed by atoms with Crippen molar-refractivity contribution in [2.24, 2.45) is 5.92 Å². The second kappa shape index (κ2) is 5.53. The van der Waals surface area contributed by atoms with Crippen molar-refractivity contribution in [1.82, 2.24) is 0 Å². The maximum atomic E-state index is 10.7. The minimum atomic E-state index is -1.13. The van der Waals surface area contributed by atoms with E-state index in [1.54, 1.807) is 6.92 Å². The summed E-state index contributed by atoms with van der Waals surface area (Å²) in [6, 6.07) is 0. The molecular weight excluding hydrogens is 176 g/mol. The number of carboxylic acids is 2. The first kappa shape index (κ1) is 11.9. The molecule has 2 N–H and O–H groups in total. The van der Waals surface area contributed by atoms with Crippen molar-refractivity contribution in [2.45, 2.75) is 25.9 Å². The molecule has 76 valence electrons. The van der Waals surface area contributed by atoms with Crippen LogP contribution in [0.4, 0.5) is 0 Å². The highest BCUT2D eigenvalue weighted by Gasteiger charge is 2.29. The number of aliphatic carboxylic acids is 2. The average Bonchev–Trinajstić information content (AvgIpc) is 2.04. The third-order valence-corrected chi connectivity index (χ3v) is 1.87. The summed E-state index contributed by atoms with van der Waals surface area (Å²) in [6.45, 7) is 1.76. The summed E-state index contributed by atoms with van der Waals surface area (Å²) in [5.74, 6) is -3.22. The average molecular weight is 190 g/mol. The summed E-state index contributed by atoms with van der Waals surface area (Å²) in [4.78, 5) is 21.0. The molecule has 0 bridgehead atoms. The van der Waals surface area contributed by atoms with E-state index in [9.17, 15) is 9.59 Å². The molecule has 0 aromatic heterocycles. The molecule has 0 fully saturated rings. The van der Waals surface area contributed by atoms with Crippen molar-refractivity contribution in [3.05, 3.63) is 0 Å².